The number of aromatic nitrogens is 1. The third-order valence-electron chi connectivity index (χ3n) is 4.86. The van der Waals surface area contributed by atoms with E-state index in [1.165, 1.54) is 0 Å². The van der Waals surface area contributed by atoms with Crippen molar-refractivity contribution in [3.8, 4) is 5.88 Å². The molecule has 0 bridgehead atoms. The summed E-state index contributed by atoms with van der Waals surface area (Å²) in [6, 6.07) is 5.76. The Hall–Kier alpha value is -1.05. The summed E-state index contributed by atoms with van der Waals surface area (Å²) in [4.78, 5) is 11.5. The van der Waals surface area contributed by atoms with Crippen molar-refractivity contribution in [2.45, 2.75) is 46.7 Å². The number of ether oxygens (including phenoxy) is 1. The van der Waals surface area contributed by atoms with Crippen molar-refractivity contribution in [3.05, 3.63) is 23.9 Å². The number of nitrogens with one attached hydrogen (secondary N) is 1. The number of rotatable bonds is 4. The predicted octanol–water partition coefficient (Wildman–Crippen LogP) is 3.29. The highest BCUT2D eigenvalue weighted by molar-refractivity contribution is 14.0. The van der Waals surface area contributed by atoms with Crippen molar-refractivity contribution < 1.29 is 4.74 Å². The van der Waals surface area contributed by atoms with Gasteiger partial charge in [0.2, 0.25) is 5.88 Å². The number of hydrogen-bond donors (Lipinski definition) is 1. The fourth-order valence-electron chi connectivity index (χ4n) is 2.61. The SMILES string of the molecule is CCNC(=NCc1cccc(OC)n1)N1CC(C)(C)C1(C)C.I. The molecule has 1 aromatic rings. The molecule has 0 aromatic carbocycles. The first-order valence-corrected chi connectivity index (χ1v) is 7.87. The molecule has 2 heterocycles. The average molecular weight is 432 g/mol. The van der Waals surface area contributed by atoms with Gasteiger partial charge in [0.05, 0.1) is 19.3 Å². The van der Waals surface area contributed by atoms with E-state index in [2.05, 4.69) is 49.8 Å². The van der Waals surface area contributed by atoms with Crippen LogP contribution in [0.5, 0.6) is 5.88 Å². The molecule has 130 valence electrons. The van der Waals surface area contributed by atoms with Gasteiger partial charge in [0.15, 0.2) is 5.96 Å². The van der Waals surface area contributed by atoms with Gasteiger partial charge in [-0.15, -0.1) is 24.0 Å². The van der Waals surface area contributed by atoms with Gasteiger partial charge in [0.1, 0.15) is 0 Å². The zero-order chi connectivity index (χ0) is 16.4. The van der Waals surface area contributed by atoms with Gasteiger partial charge in [0, 0.05) is 30.1 Å². The number of methoxy groups -OCH3 is 1. The molecule has 1 N–H and O–H groups in total. The van der Waals surface area contributed by atoms with Gasteiger partial charge in [0.25, 0.3) is 0 Å². The minimum atomic E-state index is 0. The third-order valence-corrected chi connectivity index (χ3v) is 4.86. The first-order valence-electron chi connectivity index (χ1n) is 7.87. The maximum Gasteiger partial charge on any atom is 0.213 e. The summed E-state index contributed by atoms with van der Waals surface area (Å²) in [5.41, 5.74) is 1.29. The first-order chi connectivity index (χ1) is 10.3. The summed E-state index contributed by atoms with van der Waals surface area (Å²) in [7, 11) is 1.63. The molecule has 5 nitrogen and oxygen atoms in total. The lowest BCUT2D eigenvalue weighted by Crippen LogP contribution is -2.72. The molecule has 1 aromatic heterocycles. The maximum absolute atomic E-state index is 5.16. The number of likely N-dealkylation sites (tertiary alicyclic amines) is 1. The molecule has 1 aliphatic rings. The van der Waals surface area contributed by atoms with Crippen molar-refractivity contribution in [3.63, 3.8) is 0 Å². The highest BCUT2D eigenvalue weighted by Crippen LogP contribution is 2.46. The monoisotopic (exact) mass is 432 g/mol. The Morgan fingerprint density at radius 2 is 2.04 bits per heavy atom. The van der Waals surface area contributed by atoms with Crippen LogP contribution in [0, 0.1) is 5.41 Å². The van der Waals surface area contributed by atoms with Gasteiger partial charge < -0.3 is 15.0 Å². The van der Waals surface area contributed by atoms with Crippen LogP contribution in [0.2, 0.25) is 0 Å². The standard InChI is InChI=1S/C17H28N4O.HI/c1-7-18-15(21-12-16(2,3)17(21,4)5)19-11-13-9-8-10-14(20-13)22-6;/h8-10H,7,11-12H2,1-6H3,(H,18,19);1H. The van der Waals surface area contributed by atoms with Crippen LogP contribution in [0.3, 0.4) is 0 Å². The molecule has 23 heavy (non-hydrogen) atoms. The van der Waals surface area contributed by atoms with Gasteiger partial charge >= 0.3 is 0 Å². The van der Waals surface area contributed by atoms with Crippen LogP contribution < -0.4 is 10.1 Å². The largest absolute Gasteiger partial charge is 0.481 e. The van der Waals surface area contributed by atoms with E-state index >= 15 is 0 Å². The van der Waals surface area contributed by atoms with Crippen LogP contribution in [0.15, 0.2) is 23.2 Å². The Morgan fingerprint density at radius 3 is 2.57 bits per heavy atom. The molecule has 0 amide bonds. The number of halogens is 1. The molecule has 0 radical (unpaired) electrons. The van der Waals surface area contributed by atoms with Crippen LogP contribution in [0.4, 0.5) is 0 Å². The third kappa shape index (κ3) is 4.08. The van der Waals surface area contributed by atoms with Crippen molar-refractivity contribution >= 4 is 29.9 Å². The molecule has 0 unspecified atom stereocenters. The van der Waals surface area contributed by atoms with E-state index in [9.17, 15) is 0 Å². The normalized spacial score (nSPS) is 18.7. The number of pyridine rings is 1. The Balaban J connectivity index is 0.00000264. The van der Waals surface area contributed by atoms with E-state index < -0.39 is 0 Å². The Bertz CT molecular complexity index is 557. The van der Waals surface area contributed by atoms with Crippen LogP contribution >= 0.6 is 24.0 Å². The van der Waals surface area contributed by atoms with Gasteiger partial charge in [-0.2, -0.15) is 0 Å². The number of hydrogen-bond acceptors (Lipinski definition) is 3. The molecule has 0 atom stereocenters. The summed E-state index contributed by atoms with van der Waals surface area (Å²) in [5.74, 6) is 1.58. The van der Waals surface area contributed by atoms with Gasteiger partial charge in [-0.05, 0) is 26.8 Å². The van der Waals surface area contributed by atoms with Crippen LogP contribution in [-0.4, -0.2) is 41.6 Å². The van der Waals surface area contributed by atoms with Crippen LogP contribution in [-0.2, 0) is 6.54 Å². The van der Waals surface area contributed by atoms with E-state index in [0.717, 1.165) is 24.7 Å². The zero-order valence-corrected chi connectivity index (χ0v) is 17.3. The zero-order valence-electron chi connectivity index (χ0n) is 15.0. The van der Waals surface area contributed by atoms with E-state index in [-0.39, 0.29) is 34.9 Å². The van der Waals surface area contributed by atoms with E-state index in [4.69, 9.17) is 9.73 Å². The van der Waals surface area contributed by atoms with Crippen molar-refractivity contribution in [1.82, 2.24) is 15.2 Å². The van der Waals surface area contributed by atoms with E-state index in [1.807, 2.05) is 18.2 Å². The smallest absolute Gasteiger partial charge is 0.213 e. The second-order valence-electron chi connectivity index (χ2n) is 6.87. The quantitative estimate of drug-likeness (QED) is 0.451. The van der Waals surface area contributed by atoms with Crippen molar-refractivity contribution in [2.24, 2.45) is 10.4 Å². The van der Waals surface area contributed by atoms with Crippen LogP contribution in [0.1, 0.15) is 40.3 Å². The Morgan fingerprint density at radius 1 is 1.35 bits per heavy atom. The Kier molecular flexibility index (Phi) is 6.68. The Labute approximate surface area is 156 Å². The summed E-state index contributed by atoms with van der Waals surface area (Å²) in [6.45, 7) is 13.7. The summed E-state index contributed by atoms with van der Waals surface area (Å²) >= 11 is 0. The van der Waals surface area contributed by atoms with Gasteiger partial charge in [-0.1, -0.05) is 19.9 Å². The van der Waals surface area contributed by atoms with Gasteiger partial charge in [-0.3, -0.25) is 0 Å². The fourth-order valence-corrected chi connectivity index (χ4v) is 2.61. The fraction of sp³-hybridized carbons (Fsp3) is 0.647. The summed E-state index contributed by atoms with van der Waals surface area (Å²) in [5, 5.41) is 3.39. The second-order valence-corrected chi connectivity index (χ2v) is 6.87. The highest BCUT2D eigenvalue weighted by atomic mass is 127. The van der Waals surface area contributed by atoms with Crippen LogP contribution in [0.25, 0.3) is 0 Å². The molecule has 0 spiro atoms. The maximum atomic E-state index is 5.16. The number of aliphatic imine (C=N–C) groups is 1. The number of guanidine groups is 1. The molecule has 0 saturated carbocycles. The molecule has 2 rings (SSSR count). The molecule has 1 aliphatic heterocycles. The molecule has 0 aliphatic carbocycles. The predicted molar refractivity (Wildman–Crippen MR) is 106 cm³/mol. The molecule has 1 fully saturated rings. The van der Waals surface area contributed by atoms with Crippen molar-refractivity contribution in [1.29, 1.82) is 0 Å². The minimum absolute atomic E-state index is 0. The minimum Gasteiger partial charge on any atom is -0.481 e. The highest BCUT2D eigenvalue weighted by Gasteiger charge is 2.53. The van der Waals surface area contributed by atoms with Crippen molar-refractivity contribution in [2.75, 3.05) is 20.2 Å². The molecular formula is C17H29IN4O. The lowest BCUT2D eigenvalue weighted by atomic mass is 9.65. The lowest BCUT2D eigenvalue weighted by Gasteiger charge is -2.62. The van der Waals surface area contributed by atoms with Gasteiger partial charge in [-0.25, -0.2) is 9.98 Å². The number of nitrogens with zero attached hydrogens (tertiary/aromatic N) is 3. The average Bonchev–Trinajstić information content (AvgIpc) is 2.49. The lowest BCUT2D eigenvalue weighted by molar-refractivity contribution is -0.0667. The topological polar surface area (TPSA) is 49.8 Å². The van der Waals surface area contributed by atoms with E-state index in [1.54, 1.807) is 7.11 Å². The summed E-state index contributed by atoms with van der Waals surface area (Å²) < 4.78 is 5.16. The molecule has 6 heteroatoms. The molecular weight excluding hydrogens is 403 g/mol. The first kappa shape index (κ1) is 20.0. The molecule has 1 saturated heterocycles. The van der Waals surface area contributed by atoms with E-state index in [0.29, 0.717) is 12.4 Å². The summed E-state index contributed by atoms with van der Waals surface area (Å²) in [6.07, 6.45) is 0. The second kappa shape index (κ2) is 7.68.